The molecule has 1 aliphatic rings. The minimum absolute atomic E-state index is 0. The van der Waals surface area contributed by atoms with Crippen LogP contribution < -0.4 is 10.6 Å². The number of nitrogens with one attached hydrogen (secondary N) is 2. The van der Waals surface area contributed by atoms with E-state index in [2.05, 4.69) is 15.6 Å². The molecule has 1 fully saturated rings. The van der Waals surface area contributed by atoms with Crippen LogP contribution in [0.2, 0.25) is 0 Å². The van der Waals surface area contributed by atoms with Crippen LogP contribution in [0.15, 0.2) is 34.2 Å². The molecule has 148 valence electrons. The van der Waals surface area contributed by atoms with E-state index in [1.54, 1.807) is 30.9 Å². The molecule has 0 spiro atoms. The number of hydrogen-bond acceptors (Lipinski definition) is 4. The molecule has 26 heavy (non-hydrogen) atoms. The number of benzene rings is 1. The molecule has 1 unspecified atom stereocenters. The highest BCUT2D eigenvalue weighted by atomic mass is 127. The summed E-state index contributed by atoms with van der Waals surface area (Å²) in [6, 6.07) is 6.58. The van der Waals surface area contributed by atoms with Gasteiger partial charge >= 0.3 is 0 Å². The molecule has 3 N–H and O–H groups in total. The quantitative estimate of drug-likeness (QED) is 0.161. The van der Waals surface area contributed by atoms with Crippen molar-refractivity contribution >= 4 is 41.7 Å². The van der Waals surface area contributed by atoms with E-state index in [1.807, 2.05) is 0 Å². The summed E-state index contributed by atoms with van der Waals surface area (Å²) in [6.07, 6.45) is 2.69. The van der Waals surface area contributed by atoms with Crippen LogP contribution in [-0.2, 0) is 4.74 Å². The second kappa shape index (κ2) is 12.7. The fourth-order valence-corrected chi connectivity index (χ4v) is 3.66. The van der Waals surface area contributed by atoms with Crippen LogP contribution in [0.4, 0.5) is 4.39 Å². The Bertz CT molecular complexity index is 540. The Morgan fingerprint density at radius 2 is 2.12 bits per heavy atom. The van der Waals surface area contributed by atoms with Gasteiger partial charge in [0.2, 0.25) is 0 Å². The fraction of sp³-hybridized carbons (Fsp3) is 0.611. The first-order chi connectivity index (χ1) is 12.2. The molecule has 1 atom stereocenters. The third kappa shape index (κ3) is 7.98. The van der Waals surface area contributed by atoms with Crippen molar-refractivity contribution in [2.24, 2.45) is 10.4 Å². The first kappa shape index (κ1) is 23.5. The van der Waals surface area contributed by atoms with Crippen LogP contribution in [0.1, 0.15) is 19.3 Å². The molecule has 1 saturated heterocycles. The second-order valence-corrected chi connectivity index (χ2v) is 7.45. The summed E-state index contributed by atoms with van der Waals surface area (Å²) < 4.78 is 18.4. The number of hydrogen-bond donors (Lipinski definition) is 3. The number of nitrogens with zero attached hydrogens (tertiary/aromatic N) is 1. The molecule has 1 aromatic rings. The van der Waals surface area contributed by atoms with Crippen LogP contribution in [0.3, 0.4) is 0 Å². The van der Waals surface area contributed by atoms with E-state index in [9.17, 15) is 9.50 Å². The van der Waals surface area contributed by atoms with E-state index in [-0.39, 0.29) is 41.8 Å². The maximum Gasteiger partial charge on any atom is 0.190 e. The average molecular weight is 497 g/mol. The number of aliphatic hydroxyl groups excluding tert-OH is 1. The lowest BCUT2D eigenvalue weighted by molar-refractivity contribution is 0.127. The minimum Gasteiger partial charge on any atom is -0.396 e. The van der Waals surface area contributed by atoms with Gasteiger partial charge in [-0.25, -0.2) is 4.39 Å². The van der Waals surface area contributed by atoms with Gasteiger partial charge in [-0.3, -0.25) is 4.99 Å². The van der Waals surface area contributed by atoms with Crippen LogP contribution in [-0.4, -0.2) is 56.8 Å². The van der Waals surface area contributed by atoms with Gasteiger partial charge in [-0.15, -0.1) is 35.7 Å². The monoisotopic (exact) mass is 497 g/mol. The van der Waals surface area contributed by atoms with Gasteiger partial charge in [0.1, 0.15) is 5.82 Å². The van der Waals surface area contributed by atoms with Crippen molar-refractivity contribution in [1.82, 2.24) is 10.6 Å². The average Bonchev–Trinajstić information content (AvgIpc) is 3.08. The second-order valence-electron chi connectivity index (χ2n) is 6.28. The van der Waals surface area contributed by atoms with Crippen molar-refractivity contribution < 1.29 is 14.2 Å². The molecule has 0 radical (unpaired) electrons. The smallest absolute Gasteiger partial charge is 0.190 e. The molecule has 0 bridgehead atoms. The molecule has 2 rings (SSSR count). The first-order valence-corrected chi connectivity index (χ1v) is 9.67. The molecular weight excluding hydrogens is 468 g/mol. The summed E-state index contributed by atoms with van der Waals surface area (Å²) in [5.41, 5.74) is 0.00477. The number of ether oxygens (including phenoxy) is 1. The number of aliphatic imine (C=N–C) groups is 1. The SMILES string of the molecule is CN=C(NCCCSc1ccc(F)cc1)NCC1(CCO)CCOC1.I. The zero-order valence-corrected chi connectivity index (χ0v) is 18.3. The predicted octanol–water partition coefficient (Wildman–Crippen LogP) is 2.88. The standard InChI is InChI=1S/C18H28FN3O2S.HI/c1-20-17(22-13-18(7-10-23)8-11-24-14-18)21-9-2-12-25-16-5-3-15(19)4-6-16;/h3-6,23H,2,7-14H2,1H3,(H2,20,21,22);1H. The van der Waals surface area contributed by atoms with Gasteiger partial charge in [0.25, 0.3) is 0 Å². The van der Waals surface area contributed by atoms with Crippen LogP contribution in [0.5, 0.6) is 0 Å². The maximum absolute atomic E-state index is 12.9. The van der Waals surface area contributed by atoms with Crippen molar-refractivity contribution in [3.8, 4) is 0 Å². The lowest BCUT2D eigenvalue weighted by Crippen LogP contribution is -2.44. The Morgan fingerprint density at radius 1 is 1.35 bits per heavy atom. The Hall–Kier alpha value is -0.580. The predicted molar refractivity (Wildman–Crippen MR) is 116 cm³/mol. The van der Waals surface area contributed by atoms with E-state index in [4.69, 9.17) is 4.74 Å². The number of guanidine groups is 1. The molecule has 1 aromatic carbocycles. The molecular formula is C18H29FIN3O2S. The maximum atomic E-state index is 12.9. The normalized spacial score (nSPS) is 19.9. The van der Waals surface area contributed by atoms with E-state index >= 15 is 0 Å². The summed E-state index contributed by atoms with van der Waals surface area (Å²) in [7, 11) is 1.76. The molecule has 8 heteroatoms. The highest BCUT2D eigenvalue weighted by molar-refractivity contribution is 14.0. The topological polar surface area (TPSA) is 65.9 Å². The van der Waals surface area contributed by atoms with Gasteiger partial charge < -0.3 is 20.5 Å². The van der Waals surface area contributed by atoms with E-state index in [0.29, 0.717) is 6.61 Å². The third-order valence-electron chi connectivity index (χ3n) is 4.38. The summed E-state index contributed by atoms with van der Waals surface area (Å²) >= 11 is 1.72. The van der Waals surface area contributed by atoms with Crippen LogP contribution >= 0.6 is 35.7 Å². The highest BCUT2D eigenvalue weighted by Gasteiger charge is 2.34. The van der Waals surface area contributed by atoms with E-state index < -0.39 is 0 Å². The van der Waals surface area contributed by atoms with E-state index in [1.165, 1.54) is 12.1 Å². The molecule has 1 aliphatic heterocycles. The largest absolute Gasteiger partial charge is 0.396 e. The fourth-order valence-electron chi connectivity index (χ4n) is 2.80. The summed E-state index contributed by atoms with van der Waals surface area (Å²) in [5.74, 6) is 1.53. The van der Waals surface area contributed by atoms with Crippen LogP contribution in [0.25, 0.3) is 0 Å². The van der Waals surface area contributed by atoms with Gasteiger partial charge in [-0.05, 0) is 49.3 Å². The van der Waals surface area contributed by atoms with Gasteiger partial charge in [-0.1, -0.05) is 0 Å². The van der Waals surface area contributed by atoms with Crippen molar-refractivity contribution in [1.29, 1.82) is 0 Å². The number of rotatable bonds is 9. The van der Waals surface area contributed by atoms with Gasteiger partial charge in [0, 0.05) is 43.7 Å². The lowest BCUT2D eigenvalue weighted by Gasteiger charge is -2.27. The van der Waals surface area contributed by atoms with Crippen molar-refractivity contribution in [2.45, 2.75) is 24.2 Å². The van der Waals surface area contributed by atoms with Gasteiger partial charge in [-0.2, -0.15) is 0 Å². The lowest BCUT2D eigenvalue weighted by atomic mass is 9.84. The number of thioether (sulfide) groups is 1. The Labute approximate surface area is 176 Å². The molecule has 0 aromatic heterocycles. The Kier molecular flexibility index (Phi) is 11.5. The van der Waals surface area contributed by atoms with Crippen molar-refractivity contribution in [2.75, 3.05) is 45.7 Å². The zero-order valence-electron chi connectivity index (χ0n) is 15.2. The third-order valence-corrected chi connectivity index (χ3v) is 5.48. The zero-order chi connectivity index (χ0) is 18.0. The summed E-state index contributed by atoms with van der Waals surface area (Å²) in [4.78, 5) is 5.33. The summed E-state index contributed by atoms with van der Waals surface area (Å²) in [6.45, 7) is 3.19. The molecule has 1 heterocycles. The summed E-state index contributed by atoms with van der Waals surface area (Å²) in [5, 5.41) is 15.9. The highest BCUT2D eigenvalue weighted by Crippen LogP contribution is 2.31. The van der Waals surface area contributed by atoms with Crippen LogP contribution in [0, 0.1) is 11.2 Å². The minimum atomic E-state index is -0.201. The Morgan fingerprint density at radius 3 is 2.73 bits per heavy atom. The molecule has 5 nitrogen and oxygen atoms in total. The number of aliphatic hydroxyl groups is 1. The van der Waals surface area contributed by atoms with Gasteiger partial charge in [0.05, 0.1) is 6.61 Å². The molecule has 0 aliphatic carbocycles. The van der Waals surface area contributed by atoms with E-state index in [0.717, 1.165) is 55.6 Å². The number of halogens is 2. The Balaban J connectivity index is 0.00000338. The van der Waals surface area contributed by atoms with Gasteiger partial charge in [0.15, 0.2) is 5.96 Å². The van der Waals surface area contributed by atoms with Crippen molar-refractivity contribution in [3.63, 3.8) is 0 Å². The van der Waals surface area contributed by atoms with Crippen molar-refractivity contribution in [3.05, 3.63) is 30.1 Å². The molecule has 0 saturated carbocycles. The first-order valence-electron chi connectivity index (χ1n) is 8.69. The molecule has 0 amide bonds.